The van der Waals surface area contributed by atoms with Gasteiger partial charge in [0.25, 0.3) is 0 Å². The number of nitrogens with one attached hydrogen (secondary N) is 2. The molecule has 4 heterocycles. The Balaban J connectivity index is 1.07. The minimum atomic E-state index is -0.728. The topological polar surface area (TPSA) is 103 Å². The number of nitrogens with zero attached hydrogens (tertiary/aromatic N) is 3. The van der Waals surface area contributed by atoms with Gasteiger partial charge in [0.2, 0.25) is 0 Å². The number of aromatic nitrogens is 3. The van der Waals surface area contributed by atoms with Gasteiger partial charge in [-0.3, -0.25) is 9.89 Å². The molecule has 2 aromatic heterocycles. The van der Waals surface area contributed by atoms with E-state index in [1.165, 1.54) is 56.2 Å². The normalized spacial score (nSPS) is 21.2. The maximum absolute atomic E-state index is 12.0. The molecule has 1 saturated heterocycles. The van der Waals surface area contributed by atoms with Crippen LogP contribution in [0.25, 0.3) is 11.3 Å². The fourth-order valence-corrected chi connectivity index (χ4v) is 7.48. The van der Waals surface area contributed by atoms with Crippen molar-refractivity contribution >= 4 is 17.5 Å². The minimum Gasteiger partial charge on any atom is -0.481 e. The molecule has 1 unspecified atom stereocenters. The third kappa shape index (κ3) is 7.96. The molecular weight excluding hydrogens is 538 g/mol. The van der Waals surface area contributed by atoms with E-state index in [0.29, 0.717) is 13.2 Å². The van der Waals surface area contributed by atoms with Crippen LogP contribution < -0.4 is 10.2 Å². The van der Waals surface area contributed by atoms with Crippen molar-refractivity contribution in [3.63, 3.8) is 0 Å². The quantitative estimate of drug-likeness (QED) is 0.214. The van der Waals surface area contributed by atoms with Crippen LogP contribution in [0.3, 0.4) is 0 Å². The van der Waals surface area contributed by atoms with Gasteiger partial charge in [0.15, 0.2) is 0 Å². The van der Waals surface area contributed by atoms with E-state index in [2.05, 4.69) is 50.7 Å². The number of morpholine rings is 1. The maximum Gasteiger partial charge on any atom is 0.303 e. The van der Waals surface area contributed by atoms with Crippen LogP contribution in [0, 0.1) is 11.8 Å². The lowest BCUT2D eigenvalue weighted by Crippen LogP contribution is -2.36. The van der Waals surface area contributed by atoms with Crippen LogP contribution in [0.2, 0.25) is 0 Å². The Hall–Kier alpha value is -3.39. The predicted molar refractivity (Wildman–Crippen MR) is 171 cm³/mol. The standard InChI is InChI=1S/C35H47N5O3/c41-34(42)24-28(29-21-30(33-13-15-37-39-33)23-32(22-29)40-16-18-43-19-17-40)7-2-6-25-4-1-5-26(20-25)9-11-31-12-10-27-8-3-14-36-35(27)38-31/h10,12-13,15,21-23,25-26,28H,1-9,11,14,16-20,24H2,(H,36,38)(H,37,39)(H,41,42)/t25?,26-,28-/m0/s1. The zero-order valence-electron chi connectivity index (χ0n) is 25.4. The first-order valence-electron chi connectivity index (χ1n) is 16.5. The highest BCUT2D eigenvalue weighted by atomic mass is 16.5. The number of anilines is 2. The average molecular weight is 586 g/mol. The number of pyridine rings is 1. The maximum atomic E-state index is 12.0. The molecule has 0 amide bonds. The zero-order valence-corrected chi connectivity index (χ0v) is 25.4. The molecule has 6 rings (SSSR count). The second-order valence-electron chi connectivity index (χ2n) is 12.9. The van der Waals surface area contributed by atoms with Gasteiger partial charge in [-0.1, -0.05) is 38.2 Å². The third-order valence-corrected chi connectivity index (χ3v) is 9.84. The Morgan fingerprint density at radius 2 is 1.93 bits per heavy atom. The molecule has 3 aliphatic rings. The molecule has 1 aliphatic carbocycles. The Morgan fingerprint density at radius 3 is 2.74 bits per heavy atom. The van der Waals surface area contributed by atoms with Crippen LogP contribution in [0.1, 0.15) is 86.9 Å². The van der Waals surface area contributed by atoms with Gasteiger partial charge in [-0.15, -0.1) is 0 Å². The number of aromatic amines is 1. The summed E-state index contributed by atoms with van der Waals surface area (Å²) in [7, 11) is 0. The van der Waals surface area contributed by atoms with E-state index in [4.69, 9.17) is 9.72 Å². The summed E-state index contributed by atoms with van der Waals surface area (Å²) >= 11 is 0. The largest absolute Gasteiger partial charge is 0.481 e. The van der Waals surface area contributed by atoms with E-state index in [9.17, 15) is 9.90 Å². The lowest BCUT2D eigenvalue weighted by Gasteiger charge is -2.31. The number of carboxylic acids is 1. The van der Waals surface area contributed by atoms with Crippen molar-refractivity contribution in [1.29, 1.82) is 0 Å². The summed E-state index contributed by atoms with van der Waals surface area (Å²) < 4.78 is 5.59. The number of fused-ring (bicyclic) bond motifs is 1. The highest BCUT2D eigenvalue weighted by Crippen LogP contribution is 2.38. The molecule has 1 saturated carbocycles. The number of rotatable bonds is 12. The number of benzene rings is 1. The van der Waals surface area contributed by atoms with Crippen LogP contribution >= 0.6 is 0 Å². The van der Waals surface area contributed by atoms with Gasteiger partial charge in [-0.05, 0) is 97.7 Å². The molecule has 2 fully saturated rings. The Morgan fingerprint density at radius 1 is 1.07 bits per heavy atom. The summed E-state index contributed by atoms with van der Waals surface area (Å²) in [6.45, 7) is 4.15. The molecule has 43 heavy (non-hydrogen) atoms. The van der Waals surface area contributed by atoms with E-state index < -0.39 is 5.97 Å². The first kappa shape index (κ1) is 29.7. The van der Waals surface area contributed by atoms with Crippen LogP contribution in [-0.2, 0) is 22.4 Å². The van der Waals surface area contributed by atoms with Crippen molar-refractivity contribution < 1.29 is 14.6 Å². The minimum absolute atomic E-state index is 0.0109. The van der Waals surface area contributed by atoms with Crippen LogP contribution in [0.4, 0.5) is 11.5 Å². The molecule has 3 N–H and O–H groups in total. The third-order valence-electron chi connectivity index (χ3n) is 9.84. The van der Waals surface area contributed by atoms with E-state index in [0.717, 1.165) is 85.5 Å². The summed E-state index contributed by atoms with van der Waals surface area (Å²) in [4.78, 5) is 19.3. The molecule has 2 aliphatic heterocycles. The number of ether oxygens (including phenoxy) is 1. The van der Waals surface area contributed by atoms with Gasteiger partial charge in [0.1, 0.15) is 5.82 Å². The fourth-order valence-electron chi connectivity index (χ4n) is 7.48. The molecule has 8 nitrogen and oxygen atoms in total. The molecule has 0 radical (unpaired) electrons. The second kappa shape index (κ2) is 14.4. The van der Waals surface area contributed by atoms with Crippen molar-refractivity contribution in [3.05, 3.63) is 59.4 Å². The van der Waals surface area contributed by atoms with Crippen LogP contribution in [-0.4, -0.2) is 59.1 Å². The number of hydrogen-bond acceptors (Lipinski definition) is 6. The summed E-state index contributed by atoms with van der Waals surface area (Å²) in [5.41, 5.74) is 6.86. The van der Waals surface area contributed by atoms with Gasteiger partial charge < -0.3 is 20.1 Å². The Kier molecular flexibility index (Phi) is 9.93. The lowest BCUT2D eigenvalue weighted by molar-refractivity contribution is -0.137. The van der Waals surface area contributed by atoms with E-state index in [1.54, 1.807) is 6.20 Å². The van der Waals surface area contributed by atoms with Gasteiger partial charge in [0.05, 0.1) is 25.3 Å². The fraction of sp³-hybridized carbons (Fsp3) is 0.571. The van der Waals surface area contributed by atoms with Gasteiger partial charge in [0, 0.05) is 42.8 Å². The van der Waals surface area contributed by atoms with Crippen molar-refractivity contribution in [1.82, 2.24) is 15.2 Å². The first-order chi connectivity index (χ1) is 21.1. The second-order valence-corrected chi connectivity index (χ2v) is 12.9. The van der Waals surface area contributed by atoms with Crippen molar-refractivity contribution in [2.24, 2.45) is 11.8 Å². The zero-order chi connectivity index (χ0) is 29.4. The van der Waals surface area contributed by atoms with E-state index in [-0.39, 0.29) is 12.3 Å². The van der Waals surface area contributed by atoms with E-state index in [1.807, 2.05) is 6.07 Å². The van der Waals surface area contributed by atoms with Gasteiger partial charge in [-0.25, -0.2) is 4.98 Å². The number of carboxylic acid groups (broad SMARTS) is 1. The lowest BCUT2D eigenvalue weighted by atomic mass is 9.76. The average Bonchev–Trinajstić information content (AvgIpc) is 3.59. The van der Waals surface area contributed by atoms with Gasteiger partial charge >= 0.3 is 5.97 Å². The van der Waals surface area contributed by atoms with Crippen LogP contribution in [0.15, 0.2) is 42.6 Å². The summed E-state index contributed by atoms with van der Waals surface area (Å²) in [5.74, 6) is 1.87. The highest BCUT2D eigenvalue weighted by molar-refractivity contribution is 5.70. The molecule has 0 spiro atoms. The Labute approximate surface area is 255 Å². The number of H-pyrrole nitrogens is 1. The van der Waals surface area contributed by atoms with Gasteiger partial charge in [-0.2, -0.15) is 5.10 Å². The predicted octanol–water partition coefficient (Wildman–Crippen LogP) is 6.83. The highest BCUT2D eigenvalue weighted by Gasteiger charge is 2.24. The van der Waals surface area contributed by atoms with Crippen LogP contribution in [0.5, 0.6) is 0 Å². The molecule has 8 heteroatoms. The van der Waals surface area contributed by atoms with Crippen molar-refractivity contribution in [2.75, 3.05) is 43.1 Å². The van der Waals surface area contributed by atoms with E-state index >= 15 is 0 Å². The molecule has 0 bridgehead atoms. The molecule has 3 aromatic rings. The Bertz CT molecular complexity index is 1340. The van der Waals surface area contributed by atoms with Crippen molar-refractivity contribution in [3.8, 4) is 11.3 Å². The SMILES string of the molecule is O=C(O)C[C@H](CCCC1CCC[C@@H](CCc2ccc3c(n2)NCCC3)C1)c1cc(-c2ccn[nH]2)cc(N2CCOCC2)c1. The number of aliphatic carboxylic acids is 1. The number of aryl methyl sites for hydroxylation is 2. The summed E-state index contributed by atoms with van der Waals surface area (Å²) in [6.07, 6.45) is 14.9. The molecule has 1 aromatic carbocycles. The summed E-state index contributed by atoms with van der Waals surface area (Å²) in [6, 6.07) is 13.1. The smallest absolute Gasteiger partial charge is 0.303 e. The number of hydrogen-bond donors (Lipinski definition) is 3. The molecule has 3 atom stereocenters. The monoisotopic (exact) mass is 585 g/mol. The molecule has 230 valence electrons. The van der Waals surface area contributed by atoms with Crippen molar-refractivity contribution in [2.45, 2.75) is 83.0 Å². The number of carbonyl (C=O) groups is 1. The summed E-state index contributed by atoms with van der Waals surface area (Å²) in [5, 5.41) is 20.6. The molecular formula is C35H47N5O3. The first-order valence-corrected chi connectivity index (χ1v) is 16.5.